The van der Waals surface area contributed by atoms with Crippen LogP contribution in [0.2, 0.25) is 0 Å². The smallest absolute Gasteiger partial charge is 0.312 e. The molecular formula is C66H76N10O6. The van der Waals surface area contributed by atoms with Gasteiger partial charge in [-0.25, -0.2) is 0 Å². The fourth-order valence-electron chi connectivity index (χ4n) is 10.1. The van der Waals surface area contributed by atoms with Crippen molar-refractivity contribution in [1.29, 1.82) is 10.5 Å². The van der Waals surface area contributed by atoms with Gasteiger partial charge in [0.15, 0.2) is 0 Å². The Balaban J connectivity index is 0.963. The normalized spacial score (nSPS) is 13.5. The van der Waals surface area contributed by atoms with Crippen LogP contribution in [0.5, 0.6) is 5.75 Å². The minimum atomic E-state index is -0.898. The maximum Gasteiger partial charge on any atom is 0.312 e. The molecule has 16 nitrogen and oxygen atoms in total. The van der Waals surface area contributed by atoms with Gasteiger partial charge in [0, 0.05) is 24.0 Å². The molecule has 2 atom stereocenters. The van der Waals surface area contributed by atoms with Crippen molar-refractivity contribution in [2.24, 2.45) is 63.7 Å². The number of rotatable bonds is 25. The maximum absolute atomic E-state index is 14.4. The summed E-state index contributed by atoms with van der Waals surface area (Å²) in [5.74, 6) is -0.355. The topological polar surface area (TPSA) is 216 Å². The third kappa shape index (κ3) is 17.8. The van der Waals surface area contributed by atoms with E-state index in [4.69, 9.17) is 24.7 Å². The highest BCUT2D eigenvalue weighted by Crippen LogP contribution is 2.55. The Morgan fingerprint density at radius 2 is 0.939 bits per heavy atom. The van der Waals surface area contributed by atoms with E-state index < -0.39 is 21.7 Å². The SMILES string of the molecule is CC(C)C(C)(CC(C)(C)CC(C)(C)C(C)(CC(C)(C)C)C(=O)OCCOc1ccc(C(=O)Nc2ccc(N=Nc3ccc(C#N)cc3)cc2)cc1)C(=O)OCCN(C)c1ccc(N=Nc2ccc(N=Nc3ccc(C#N)cc3)cc2)cc1. The summed E-state index contributed by atoms with van der Waals surface area (Å²) in [6.07, 6.45) is 1.74. The minimum Gasteiger partial charge on any atom is -0.490 e. The summed E-state index contributed by atoms with van der Waals surface area (Å²) in [5, 5.41) is 46.6. The number of azo groups is 3. The van der Waals surface area contributed by atoms with Crippen molar-refractivity contribution < 1.29 is 28.6 Å². The second-order valence-corrected chi connectivity index (χ2v) is 24.1. The van der Waals surface area contributed by atoms with E-state index in [1.165, 1.54) is 0 Å². The largest absolute Gasteiger partial charge is 0.490 e. The Labute approximate surface area is 483 Å². The van der Waals surface area contributed by atoms with Crippen LogP contribution in [-0.4, -0.2) is 51.3 Å². The van der Waals surface area contributed by atoms with Gasteiger partial charge >= 0.3 is 11.9 Å². The number of carbonyl (C=O) groups is 3. The molecule has 0 heterocycles. The number of nitrogens with zero attached hydrogens (tertiary/aromatic N) is 9. The molecule has 1 amide bonds. The molecule has 0 saturated carbocycles. The number of benzene rings is 6. The molecule has 0 aliphatic heterocycles. The lowest BCUT2D eigenvalue weighted by Crippen LogP contribution is -2.49. The number of hydrogen-bond donors (Lipinski definition) is 1. The summed E-state index contributed by atoms with van der Waals surface area (Å²) in [7, 11) is 1.95. The van der Waals surface area contributed by atoms with Crippen LogP contribution in [0.3, 0.4) is 0 Å². The molecule has 0 saturated heterocycles. The van der Waals surface area contributed by atoms with E-state index in [-0.39, 0.29) is 49.0 Å². The minimum absolute atomic E-state index is 0.0270. The Morgan fingerprint density at radius 1 is 0.524 bits per heavy atom. The summed E-state index contributed by atoms with van der Waals surface area (Å²) < 4.78 is 18.1. The summed E-state index contributed by atoms with van der Waals surface area (Å²) in [5.41, 5.74) is 4.08. The Hall–Kier alpha value is -8.89. The molecule has 82 heavy (non-hydrogen) atoms. The average Bonchev–Trinajstić information content (AvgIpc) is 2.66. The van der Waals surface area contributed by atoms with Crippen LogP contribution >= 0.6 is 0 Å². The van der Waals surface area contributed by atoms with E-state index in [0.717, 1.165) is 5.69 Å². The molecule has 0 aliphatic rings. The number of amides is 1. The number of carbonyl (C=O) groups excluding carboxylic acids is 3. The van der Waals surface area contributed by atoms with E-state index in [1.54, 1.807) is 109 Å². The zero-order chi connectivity index (χ0) is 59.7. The lowest BCUT2D eigenvalue weighted by atomic mass is 9.54. The number of likely N-dealkylation sites (N-methyl/N-ethyl adjacent to an activating group) is 1. The molecule has 6 aromatic rings. The molecular weight excluding hydrogens is 1030 g/mol. The van der Waals surface area contributed by atoms with E-state index in [1.807, 2.05) is 62.2 Å². The number of hydrogen-bond acceptors (Lipinski definition) is 15. The monoisotopic (exact) mass is 1100 g/mol. The van der Waals surface area contributed by atoms with Gasteiger partial charge in [0.05, 0.1) is 74.8 Å². The molecule has 6 rings (SSSR count). The van der Waals surface area contributed by atoms with Gasteiger partial charge in [-0.15, -0.1) is 0 Å². The third-order valence-corrected chi connectivity index (χ3v) is 14.8. The first-order valence-electron chi connectivity index (χ1n) is 27.5. The first-order valence-corrected chi connectivity index (χ1v) is 27.5. The van der Waals surface area contributed by atoms with E-state index in [9.17, 15) is 14.4 Å². The van der Waals surface area contributed by atoms with Crippen LogP contribution in [0.15, 0.2) is 176 Å². The van der Waals surface area contributed by atoms with Gasteiger partial charge in [0.25, 0.3) is 5.91 Å². The van der Waals surface area contributed by atoms with Crippen LogP contribution in [0.4, 0.5) is 45.5 Å². The quantitative estimate of drug-likeness (QED) is 0.0327. The second-order valence-electron chi connectivity index (χ2n) is 24.1. The Bertz CT molecular complexity index is 3280. The fourth-order valence-corrected chi connectivity index (χ4v) is 10.1. The van der Waals surface area contributed by atoms with E-state index in [0.29, 0.717) is 88.1 Å². The van der Waals surface area contributed by atoms with Crippen molar-refractivity contribution in [1.82, 2.24) is 0 Å². The molecule has 0 spiro atoms. The van der Waals surface area contributed by atoms with Crippen molar-refractivity contribution in [2.45, 2.75) is 95.4 Å². The first kappa shape index (κ1) is 62.3. The predicted octanol–water partition coefficient (Wildman–Crippen LogP) is 17.5. The highest BCUT2D eigenvalue weighted by Gasteiger charge is 2.53. The number of esters is 2. The van der Waals surface area contributed by atoms with Crippen LogP contribution < -0.4 is 15.0 Å². The predicted molar refractivity (Wildman–Crippen MR) is 321 cm³/mol. The molecule has 0 aliphatic carbocycles. The summed E-state index contributed by atoms with van der Waals surface area (Å²) in [4.78, 5) is 43.7. The molecule has 1 N–H and O–H groups in total. The zero-order valence-electron chi connectivity index (χ0n) is 49.4. The summed E-state index contributed by atoms with van der Waals surface area (Å²) in [6.45, 7) is 23.9. The highest BCUT2D eigenvalue weighted by molar-refractivity contribution is 6.04. The van der Waals surface area contributed by atoms with E-state index in [2.05, 4.69) is 110 Å². The van der Waals surface area contributed by atoms with Crippen molar-refractivity contribution in [3.63, 3.8) is 0 Å². The van der Waals surface area contributed by atoms with Crippen LogP contribution in [-0.2, 0) is 19.1 Å². The maximum atomic E-state index is 14.4. The second kappa shape index (κ2) is 27.5. The zero-order valence-corrected chi connectivity index (χ0v) is 49.4. The average molecular weight is 1110 g/mol. The molecule has 0 radical (unpaired) electrons. The van der Waals surface area contributed by atoms with Crippen molar-refractivity contribution in [2.75, 3.05) is 43.6 Å². The third-order valence-electron chi connectivity index (χ3n) is 14.8. The van der Waals surface area contributed by atoms with E-state index >= 15 is 0 Å². The van der Waals surface area contributed by atoms with Gasteiger partial charge in [-0.3, -0.25) is 14.4 Å². The van der Waals surface area contributed by atoms with Crippen LogP contribution in [0, 0.1) is 55.7 Å². The van der Waals surface area contributed by atoms with Gasteiger partial charge in [-0.2, -0.15) is 41.2 Å². The van der Waals surface area contributed by atoms with Crippen molar-refractivity contribution >= 4 is 63.3 Å². The number of nitriles is 2. The number of nitrogens with one attached hydrogen (secondary N) is 1. The molecule has 6 aromatic carbocycles. The molecule has 0 aromatic heterocycles. The van der Waals surface area contributed by atoms with Gasteiger partial charge in [0.2, 0.25) is 0 Å². The fraction of sp³-hybridized carbons (Fsp3) is 0.379. The molecule has 0 bridgehead atoms. The number of anilines is 2. The molecule has 2 unspecified atom stereocenters. The van der Waals surface area contributed by atoms with Crippen LogP contribution in [0.25, 0.3) is 0 Å². The Morgan fingerprint density at radius 3 is 1.37 bits per heavy atom. The summed E-state index contributed by atoms with van der Waals surface area (Å²) in [6, 6.07) is 46.4. The molecule has 16 heteroatoms. The van der Waals surface area contributed by atoms with Crippen LogP contribution in [0.1, 0.15) is 117 Å². The lowest BCUT2D eigenvalue weighted by molar-refractivity contribution is -0.170. The molecule has 426 valence electrons. The Kier molecular flexibility index (Phi) is 20.9. The van der Waals surface area contributed by atoms with Gasteiger partial charge in [0.1, 0.15) is 25.6 Å². The standard InChI is InChI=1S/C66H76N10O6/c1-46(2)65(10,60(78)81-38-37-76(12)57-33-31-56(32-34-57)75-74-55-29-27-54(28-30-55)73-71-52-21-15-48(42-68)16-22-52)45-63(6,7)44-64(8,9)66(11,43-62(3,4)5)61(79)82-40-39-80-58-35-17-49(18-36-58)59(77)69-50-23-25-53(26-24-50)72-70-51-19-13-47(41-67)14-20-51/h13-36,46H,37-40,43-45H2,1-12H3,(H,69,77). The van der Waals surface area contributed by atoms with Gasteiger partial charge in [-0.05, 0) is 201 Å². The highest BCUT2D eigenvalue weighted by atomic mass is 16.6. The summed E-state index contributed by atoms with van der Waals surface area (Å²) >= 11 is 0. The van der Waals surface area contributed by atoms with Gasteiger partial charge < -0.3 is 24.4 Å². The van der Waals surface area contributed by atoms with Crippen molar-refractivity contribution in [3.05, 3.63) is 162 Å². The van der Waals surface area contributed by atoms with Gasteiger partial charge in [-0.1, -0.05) is 62.3 Å². The van der Waals surface area contributed by atoms with Crippen molar-refractivity contribution in [3.8, 4) is 17.9 Å². The lowest BCUT2D eigenvalue weighted by Gasteiger charge is -2.50. The molecule has 0 fully saturated rings. The first-order chi connectivity index (χ1) is 38.8. The number of ether oxygens (including phenoxy) is 3.